The Morgan fingerprint density at radius 1 is 1.15 bits per heavy atom. The average molecular weight is 417 g/mol. The van der Waals surface area contributed by atoms with Crippen LogP contribution in [0.4, 0.5) is 13.2 Å². The van der Waals surface area contributed by atoms with Crippen LogP contribution in [0, 0.1) is 6.92 Å². The molecule has 3 rings (SSSR count). The van der Waals surface area contributed by atoms with Gasteiger partial charge in [-0.05, 0) is 54.9 Å². The van der Waals surface area contributed by atoms with Gasteiger partial charge in [0.1, 0.15) is 0 Å². The molecule has 144 valence electrons. The lowest BCUT2D eigenvalue weighted by atomic mass is 9.86. The lowest BCUT2D eigenvalue weighted by molar-refractivity contribution is -0.275. The van der Waals surface area contributed by atoms with E-state index in [-0.39, 0.29) is 21.3 Å². The number of benzene rings is 2. The van der Waals surface area contributed by atoms with Crippen molar-refractivity contribution in [2.24, 2.45) is 5.16 Å². The van der Waals surface area contributed by atoms with Crippen LogP contribution in [-0.4, -0.2) is 18.9 Å². The van der Waals surface area contributed by atoms with Gasteiger partial charge in [-0.3, -0.25) is 0 Å². The number of nitrogens with zero attached hydrogens (tertiary/aromatic N) is 1. The molecule has 0 spiro atoms. The fraction of sp³-hybridized carbons (Fsp3) is 0.316. The molecule has 0 aromatic heterocycles. The quantitative estimate of drug-likeness (QED) is 0.703. The molecule has 2 aromatic rings. The van der Waals surface area contributed by atoms with Crippen LogP contribution in [-0.2, 0) is 17.0 Å². The number of halogens is 5. The van der Waals surface area contributed by atoms with E-state index in [1.54, 1.807) is 6.07 Å². The Hall–Kier alpha value is -1.76. The highest BCUT2D eigenvalue weighted by Crippen LogP contribution is 2.49. The summed E-state index contributed by atoms with van der Waals surface area (Å²) in [5, 5.41) is 7.03. The average Bonchev–Trinajstić information content (AvgIpc) is 3.02. The molecule has 1 unspecified atom stereocenters. The van der Waals surface area contributed by atoms with Crippen LogP contribution < -0.4 is 5.32 Å². The number of nitrogens with one attached hydrogen (secondary N) is 1. The highest BCUT2D eigenvalue weighted by Gasteiger charge is 2.62. The molecule has 1 atom stereocenters. The molecule has 1 aliphatic heterocycles. The van der Waals surface area contributed by atoms with E-state index in [9.17, 15) is 13.2 Å². The van der Waals surface area contributed by atoms with Crippen LogP contribution in [0.1, 0.15) is 28.7 Å². The Kier molecular flexibility index (Phi) is 5.43. The molecule has 0 saturated carbocycles. The summed E-state index contributed by atoms with van der Waals surface area (Å²) in [4.78, 5) is 5.02. The van der Waals surface area contributed by atoms with Crippen molar-refractivity contribution >= 4 is 28.9 Å². The Morgan fingerprint density at radius 2 is 1.81 bits per heavy atom. The van der Waals surface area contributed by atoms with Crippen molar-refractivity contribution in [2.45, 2.75) is 31.7 Å². The van der Waals surface area contributed by atoms with E-state index in [0.29, 0.717) is 12.1 Å². The maximum absolute atomic E-state index is 14.0. The smallest absolute Gasteiger partial charge is 0.374 e. The van der Waals surface area contributed by atoms with Gasteiger partial charge in [-0.25, -0.2) is 0 Å². The minimum atomic E-state index is -4.70. The second-order valence-corrected chi connectivity index (χ2v) is 7.33. The van der Waals surface area contributed by atoms with Gasteiger partial charge in [0.15, 0.2) is 0 Å². The van der Waals surface area contributed by atoms with Crippen molar-refractivity contribution in [1.29, 1.82) is 0 Å². The predicted molar refractivity (Wildman–Crippen MR) is 100 cm³/mol. The Labute approximate surface area is 165 Å². The summed E-state index contributed by atoms with van der Waals surface area (Å²) in [7, 11) is 1.83. The van der Waals surface area contributed by atoms with Gasteiger partial charge in [0, 0.05) is 28.6 Å². The molecule has 3 nitrogen and oxygen atoms in total. The topological polar surface area (TPSA) is 33.6 Å². The van der Waals surface area contributed by atoms with E-state index in [4.69, 9.17) is 28.0 Å². The summed E-state index contributed by atoms with van der Waals surface area (Å²) in [6, 6.07) is 9.22. The number of aryl methyl sites for hydroxylation is 1. The summed E-state index contributed by atoms with van der Waals surface area (Å²) < 4.78 is 42.0. The number of oxime groups is 1. The molecule has 1 N–H and O–H groups in total. The third-order valence-electron chi connectivity index (χ3n) is 4.56. The van der Waals surface area contributed by atoms with Gasteiger partial charge in [0.2, 0.25) is 0 Å². The molecular weight excluding hydrogens is 400 g/mol. The van der Waals surface area contributed by atoms with Gasteiger partial charge >= 0.3 is 6.18 Å². The summed E-state index contributed by atoms with van der Waals surface area (Å²) >= 11 is 11.8. The zero-order valence-electron chi connectivity index (χ0n) is 14.6. The van der Waals surface area contributed by atoms with Gasteiger partial charge in [-0.15, -0.1) is 0 Å². The first-order valence-corrected chi connectivity index (χ1v) is 8.95. The van der Waals surface area contributed by atoms with Crippen molar-refractivity contribution in [2.75, 3.05) is 7.05 Å². The second kappa shape index (κ2) is 7.34. The molecule has 1 aliphatic rings. The van der Waals surface area contributed by atoms with Crippen LogP contribution in [0.3, 0.4) is 0 Å². The minimum absolute atomic E-state index is 0.102. The Bertz CT molecular complexity index is 879. The monoisotopic (exact) mass is 416 g/mol. The van der Waals surface area contributed by atoms with Crippen LogP contribution >= 0.6 is 23.2 Å². The highest BCUT2D eigenvalue weighted by atomic mass is 35.5. The van der Waals surface area contributed by atoms with Crippen molar-refractivity contribution in [1.82, 2.24) is 5.32 Å². The molecule has 2 aromatic carbocycles. The summed E-state index contributed by atoms with van der Waals surface area (Å²) in [6.07, 6.45) is -5.16. The molecule has 8 heteroatoms. The first-order valence-electron chi connectivity index (χ1n) is 8.19. The molecule has 0 radical (unpaired) electrons. The van der Waals surface area contributed by atoms with Crippen molar-refractivity contribution in [3.63, 3.8) is 0 Å². The number of rotatable bonds is 4. The third kappa shape index (κ3) is 3.79. The number of alkyl halides is 3. The highest BCUT2D eigenvalue weighted by molar-refractivity contribution is 6.34. The lowest BCUT2D eigenvalue weighted by Gasteiger charge is -2.29. The molecular formula is C19H17Cl2F3N2O. The zero-order chi connectivity index (χ0) is 19.8. The van der Waals surface area contributed by atoms with Crippen LogP contribution in [0.25, 0.3) is 0 Å². The van der Waals surface area contributed by atoms with E-state index in [0.717, 1.165) is 11.1 Å². The van der Waals surface area contributed by atoms with E-state index in [1.165, 1.54) is 18.2 Å². The van der Waals surface area contributed by atoms with Crippen molar-refractivity contribution in [3.8, 4) is 0 Å². The maximum atomic E-state index is 14.0. The first-order chi connectivity index (χ1) is 12.7. The molecule has 0 saturated heterocycles. The number of hydrogen-bond donors (Lipinski definition) is 1. The van der Waals surface area contributed by atoms with Gasteiger partial charge in [-0.2, -0.15) is 13.2 Å². The van der Waals surface area contributed by atoms with Crippen LogP contribution in [0.2, 0.25) is 10.0 Å². The zero-order valence-corrected chi connectivity index (χ0v) is 16.1. The van der Waals surface area contributed by atoms with E-state index in [1.807, 2.05) is 26.1 Å². The molecule has 0 bridgehead atoms. The Morgan fingerprint density at radius 3 is 2.37 bits per heavy atom. The van der Waals surface area contributed by atoms with Gasteiger partial charge in [0.05, 0.1) is 5.71 Å². The normalized spacial score (nSPS) is 19.7. The van der Waals surface area contributed by atoms with Gasteiger partial charge in [-0.1, -0.05) is 40.5 Å². The van der Waals surface area contributed by atoms with E-state index < -0.39 is 18.2 Å². The number of hydrogen-bond acceptors (Lipinski definition) is 3. The maximum Gasteiger partial charge on any atom is 0.435 e. The molecule has 0 amide bonds. The van der Waals surface area contributed by atoms with Gasteiger partial charge in [0.25, 0.3) is 5.60 Å². The lowest BCUT2D eigenvalue weighted by Crippen LogP contribution is -2.42. The SMILES string of the molecule is CNCc1ccc(C2=NOC(c3cc(Cl)cc(Cl)c3)(C(F)(F)F)C2)cc1C. The molecule has 0 aliphatic carbocycles. The van der Waals surface area contributed by atoms with E-state index in [2.05, 4.69) is 10.5 Å². The fourth-order valence-corrected chi connectivity index (χ4v) is 3.64. The standard InChI is InChI=1S/C19H17Cl2F3N2O/c1-11-5-12(3-4-13(11)10-25-2)17-9-18(27-26-17,19(22,23)24)14-6-15(20)8-16(21)7-14/h3-8,25H,9-10H2,1-2H3. The summed E-state index contributed by atoms with van der Waals surface area (Å²) in [5.74, 6) is 0. The first kappa shape index (κ1) is 20.0. The van der Waals surface area contributed by atoms with Gasteiger partial charge < -0.3 is 10.2 Å². The van der Waals surface area contributed by atoms with Crippen LogP contribution in [0.15, 0.2) is 41.6 Å². The third-order valence-corrected chi connectivity index (χ3v) is 4.99. The fourth-order valence-electron chi connectivity index (χ4n) is 3.11. The predicted octanol–water partition coefficient (Wildman–Crippen LogP) is 5.60. The minimum Gasteiger partial charge on any atom is -0.374 e. The molecule has 0 fully saturated rings. The summed E-state index contributed by atoms with van der Waals surface area (Å²) in [6.45, 7) is 2.57. The second-order valence-electron chi connectivity index (χ2n) is 6.46. The Balaban J connectivity index is 1.99. The largest absolute Gasteiger partial charge is 0.435 e. The van der Waals surface area contributed by atoms with Crippen molar-refractivity contribution < 1.29 is 18.0 Å². The van der Waals surface area contributed by atoms with Crippen molar-refractivity contribution in [3.05, 3.63) is 68.7 Å². The summed E-state index contributed by atoms with van der Waals surface area (Å²) in [5.41, 5.74) is 0.0438. The molecule has 1 heterocycles. The van der Waals surface area contributed by atoms with E-state index >= 15 is 0 Å². The van der Waals surface area contributed by atoms with Crippen LogP contribution in [0.5, 0.6) is 0 Å². The molecule has 27 heavy (non-hydrogen) atoms.